The minimum Gasteiger partial charge on any atom is -0.417 e. The van der Waals surface area contributed by atoms with Crippen molar-refractivity contribution in [3.05, 3.63) is 35.4 Å². The summed E-state index contributed by atoms with van der Waals surface area (Å²) in [7, 11) is -0.00894. The first-order valence-electron chi connectivity index (χ1n) is 8.12. The Kier molecular flexibility index (Phi) is 7.05. The molecular weight excluding hydrogens is 302 g/mol. The van der Waals surface area contributed by atoms with Crippen molar-refractivity contribution in [3.8, 4) is 11.8 Å². The van der Waals surface area contributed by atoms with E-state index in [9.17, 15) is 4.79 Å². The Bertz CT molecular complexity index is 574. The van der Waals surface area contributed by atoms with Gasteiger partial charge in [0.2, 0.25) is 0 Å². The van der Waals surface area contributed by atoms with Gasteiger partial charge in [-0.15, -0.1) is 0 Å². The van der Waals surface area contributed by atoms with Crippen molar-refractivity contribution >= 4 is 14.2 Å². The zero-order chi connectivity index (χ0) is 17.5. The standard InChI is InChI=1S/C19H29NO2Si/c1-19(2,3)23(5,6)22-15-9-7-8-10-16-11-13-17(14-12-16)18(21)20-4/h11-14H,7,9,15H2,1-6H3,(H,20,21). The van der Waals surface area contributed by atoms with Crippen LogP contribution in [0.1, 0.15) is 49.5 Å². The van der Waals surface area contributed by atoms with Crippen LogP contribution in [0.3, 0.4) is 0 Å². The first-order valence-corrected chi connectivity index (χ1v) is 11.0. The van der Waals surface area contributed by atoms with Crippen LogP contribution in [0.15, 0.2) is 24.3 Å². The van der Waals surface area contributed by atoms with Crippen LogP contribution >= 0.6 is 0 Å². The highest BCUT2D eigenvalue weighted by Crippen LogP contribution is 2.36. The van der Waals surface area contributed by atoms with E-state index in [1.807, 2.05) is 12.1 Å². The average molecular weight is 332 g/mol. The van der Waals surface area contributed by atoms with Crippen molar-refractivity contribution in [2.75, 3.05) is 13.7 Å². The second-order valence-electron chi connectivity index (χ2n) is 7.17. The molecule has 3 nitrogen and oxygen atoms in total. The van der Waals surface area contributed by atoms with Crippen LogP contribution in [0.5, 0.6) is 0 Å². The molecule has 0 aromatic heterocycles. The lowest BCUT2D eigenvalue weighted by Gasteiger charge is -2.36. The molecule has 1 N–H and O–H groups in total. The van der Waals surface area contributed by atoms with Gasteiger partial charge in [0, 0.05) is 31.2 Å². The molecule has 0 saturated heterocycles. The highest BCUT2D eigenvalue weighted by atomic mass is 28.4. The fourth-order valence-corrected chi connectivity index (χ4v) is 2.81. The number of carbonyl (C=O) groups excluding carboxylic acids is 1. The first-order chi connectivity index (χ1) is 10.7. The molecule has 0 heterocycles. The zero-order valence-corrected chi connectivity index (χ0v) is 16.2. The van der Waals surface area contributed by atoms with Gasteiger partial charge in [0.15, 0.2) is 8.32 Å². The lowest BCUT2D eigenvalue weighted by Crippen LogP contribution is -2.40. The number of nitrogens with one attached hydrogen (secondary N) is 1. The highest BCUT2D eigenvalue weighted by molar-refractivity contribution is 6.74. The van der Waals surface area contributed by atoms with Gasteiger partial charge in [0.25, 0.3) is 5.91 Å². The van der Waals surface area contributed by atoms with Crippen molar-refractivity contribution in [3.63, 3.8) is 0 Å². The molecule has 0 radical (unpaired) electrons. The lowest BCUT2D eigenvalue weighted by molar-refractivity contribution is 0.0963. The molecule has 0 bridgehead atoms. The van der Waals surface area contributed by atoms with Gasteiger partial charge in [-0.25, -0.2) is 0 Å². The molecular formula is C19H29NO2Si. The normalized spacial score (nSPS) is 11.6. The smallest absolute Gasteiger partial charge is 0.251 e. The van der Waals surface area contributed by atoms with E-state index in [1.165, 1.54) is 0 Å². The van der Waals surface area contributed by atoms with E-state index in [-0.39, 0.29) is 10.9 Å². The molecule has 126 valence electrons. The Morgan fingerprint density at radius 3 is 2.35 bits per heavy atom. The molecule has 23 heavy (non-hydrogen) atoms. The molecule has 0 spiro atoms. The molecule has 4 heteroatoms. The zero-order valence-electron chi connectivity index (χ0n) is 15.2. The predicted molar refractivity (Wildman–Crippen MR) is 99.1 cm³/mol. The highest BCUT2D eigenvalue weighted by Gasteiger charge is 2.36. The maximum atomic E-state index is 11.5. The first kappa shape index (κ1) is 19.5. The SMILES string of the molecule is CNC(=O)c1ccc(C#CCCCO[Si](C)(C)C(C)(C)C)cc1. The fourth-order valence-electron chi connectivity index (χ4n) is 1.72. The Balaban J connectivity index is 2.40. The monoisotopic (exact) mass is 331 g/mol. The molecule has 0 unspecified atom stereocenters. The average Bonchev–Trinajstić information content (AvgIpc) is 2.49. The van der Waals surface area contributed by atoms with Crippen molar-refractivity contribution in [1.82, 2.24) is 5.32 Å². The summed E-state index contributed by atoms with van der Waals surface area (Å²) in [6.07, 6.45) is 1.78. The molecule has 0 aliphatic heterocycles. The van der Waals surface area contributed by atoms with E-state index in [2.05, 4.69) is 51.0 Å². The van der Waals surface area contributed by atoms with Crippen LogP contribution in [0.4, 0.5) is 0 Å². The largest absolute Gasteiger partial charge is 0.417 e. The van der Waals surface area contributed by atoms with Crippen LogP contribution in [0, 0.1) is 11.8 Å². The molecule has 0 aliphatic carbocycles. The van der Waals surface area contributed by atoms with Crippen LogP contribution in [0.2, 0.25) is 18.1 Å². The van der Waals surface area contributed by atoms with Crippen LogP contribution in [-0.2, 0) is 4.43 Å². The maximum Gasteiger partial charge on any atom is 0.251 e. The minimum absolute atomic E-state index is 0.0766. The van der Waals surface area contributed by atoms with Crippen LogP contribution in [0.25, 0.3) is 0 Å². The van der Waals surface area contributed by atoms with E-state index in [0.29, 0.717) is 5.56 Å². The summed E-state index contributed by atoms with van der Waals surface area (Å²) >= 11 is 0. The van der Waals surface area contributed by atoms with Crippen molar-refractivity contribution in [2.45, 2.75) is 51.7 Å². The number of carbonyl (C=O) groups is 1. The molecule has 1 amide bonds. The lowest BCUT2D eigenvalue weighted by atomic mass is 10.1. The van der Waals surface area contributed by atoms with E-state index in [1.54, 1.807) is 19.2 Å². The van der Waals surface area contributed by atoms with Gasteiger partial charge in [0.05, 0.1) is 0 Å². The Morgan fingerprint density at radius 2 is 1.83 bits per heavy atom. The number of hydrogen-bond donors (Lipinski definition) is 1. The number of rotatable bonds is 5. The van der Waals surface area contributed by atoms with E-state index < -0.39 is 8.32 Å². The van der Waals surface area contributed by atoms with Gasteiger partial charge < -0.3 is 9.74 Å². The number of hydrogen-bond acceptors (Lipinski definition) is 2. The van der Waals surface area contributed by atoms with E-state index >= 15 is 0 Å². The number of unbranched alkanes of at least 4 members (excludes halogenated alkanes) is 1. The molecule has 0 aliphatic rings. The van der Waals surface area contributed by atoms with Gasteiger partial charge in [-0.2, -0.15) is 0 Å². The summed E-state index contributed by atoms with van der Waals surface area (Å²) in [6.45, 7) is 12.1. The Labute approximate surface area is 142 Å². The fraction of sp³-hybridized carbons (Fsp3) is 0.526. The van der Waals surface area contributed by atoms with Gasteiger partial charge in [-0.1, -0.05) is 32.6 Å². The van der Waals surface area contributed by atoms with Crippen molar-refractivity contribution in [1.29, 1.82) is 0 Å². The van der Waals surface area contributed by atoms with Crippen molar-refractivity contribution in [2.24, 2.45) is 0 Å². The quantitative estimate of drug-likeness (QED) is 0.499. The van der Waals surface area contributed by atoms with Crippen molar-refractivity contribution < 1.29 is 9.22 Å². The van der Waals surface area contributed by atoms with E-state index in [4.69, 9.17) is 4.43 Å². The summed E-state index contributed by atoms with van der Waals surface area (Å²) in [5.41, 5.74) is 1.59. The molecule has 1 rings (SSSR count). The summed E-state index contributed by atoms with van der Waals surface area (Å²) in [6, 6.07) is 7.35. The third kappa shape index (κ3) is 6.21. The number of benzene rings is 1. The third-order valence-electron chi connectivity index (χ3n) is 4.32. The van der Waals surface area contributed by atoms with Gasteiger partial charge >= 0.3 is 0 Å². The van der Waals surface area contributed by atoms with Gasteiger partial charge in [-0.05, 0) is 48.8 Å². The molecule has 1 aromatic rings. The number of amides is 1. The summed E-state index contributed by atoms with van der Waals surface area (Å²) in [5, 5.41) is 2.86. The van der Waals surface area contributed by atoms with Gasteiger partial charge in [0.1, 0.15) is 0 Å². The molecule has 0 saturated carbocycles. The third-order valence-corrected chi connectivity index (χ3v) is 8.86. The predicted octanol–water partition coefficient (Wildman–Crippen LogP) is 4.20. The van der Waals surface area contributed by atoms with Crippen LogP contribution in [-0.4, -0.2) is 27.9 Å². The second-order valence-corrected chi connectivity index (χ2v) is 12.0. The maximum absolute atomic E-state index is 11.5. The molecule has 0 atom stereocenters. The van der Waals surface area contributed by atoms with E-state index in [0.717, 1.165) is 25.0 Å². The summed E-state index contributed by atoms with van der Waals surface area (Å²) < 4.78 is 6.13. The Hall–Kier alpha value is -1.57. The molecule has 1 aromatic carbocycles. The topological polar surface area (TPSA) is 38.3 Å². The minimum atomic E-state index is -1.64. The second kappa shape index (κ2) is 8.33. The molecule has 0 fully saturated rings. The van der Waals surface area contributed by atoms with Crippen LogP contribution < -0.4 is 5.32 Å². The summed E-state index contributed by atoms with van der Waals surface area (Å²) in [4.78, 5) is 11.5. The van der Waals surface area contributed by atoms with Gasteiger partial charge in [-0.3, -0.25) is 4.79 Å². The Morgan fingerprint density at radius 1 is 1.22 bits per heavy atom. The summed E-state index contributed by atoms with van der Waals surface area (Å²) in [5.74, 6) is 6.23.